The van der Waals surface area contributed by atoms with Crippen molar-refractivity contribution in [1.82, 2.24) is 9.88 Å². The maximum Gasteiger partial charge on any atom is 0.415 e. The van der Waals surface area contributed by atoms with Gasteiger partial charge in [-0.2, -0.15) is 0 Å². The molecule has 2 aliphatic rings. The summed E-state index contributed by atoms with van der Waals surface area (Å²) >= 11 is 0. The molecule has 1 amide bonds. The fourth-order valence-corrected chi connectivity index (χ4v) is 4.19. The first kappa shape index (κ1) is 19.7. The average molecular weight is 416 g/mol. The fourth-order valence-electron chi connectivity index (χ4n) is 4.19. The van der Waals surface area contributed by atoms with Crippen LogP contribution in [0.3, 0.4) is 0 Å². The number of ether oxygens (including phenoxy) is 2. The van der Waals surface area contributed by atoms with Crippen LogP contribution in [0.2, 0.25) is 0 Å². The number of aromatic nitrogens is 1. The van der Waals surface area contributed by atoms with Crippen LogP contribution in [-0.2, 0) is 16.0 Å². The van der Waals surface area contributed by atoms with Gasteiger partial charge < -0.3 is 14.4 Å². The molecule has 6 nitrogen and oxygen atoms in total. The number of carbonyl (C=O) groups is 2. The minimum Gasteiger partial charge on any atom is -0.410 e. The predicted octanol–water partition coefficient (Wildman–Crippen LogP) is 3.98. The maximum absolute atomic E-state index is 12.8. The molecule has 0 unspecified atom stereocenters. The summed E-state index contributed by atoms with van der Waals surface area (Å²) in [5.41, 5.74) is 2.16. The molecule has 2 atom stereocenters. The predicted molar refractivity (Wildman–Crippen MR) is 116 cm³/mol. The molecule has 2 aromatic carbocycles. The standard InChI is InChI=1S/C25H24N2O4/c28-24(14-17-1-2-20-16-26-8-7-19(20)13-17)23-15-22(23)18-3-5-21(6-4-18)31-25(29)27-9-11-30-12-10-27/h1-8,13,16,22-23H,9-12,14-15H2/t22-,23+/m0/s1. The van der Waals surface area contributed by atoms with E-state index in [2.05, 4.69) is 11.1 Å². The number of rotatable bonds is 5. The highest BCUT2D eigenvalue weighted by atomic mass is 16.6. The van der Waals surface area contributed by atoms with Gasteiger partial charge in [-0.05, 0) is 47.1 Å². The van der Waals surface area contributed by atoms with Crippen LogP contribution >= 0.6 is 0 Å². The number of hydrogen-bond acceptors (Lipinski definition) is 5. The van der Waals surface area contributed by atoms with Gasteiger partial charge in [0.25, 0.3) is 0 Å². The Hall–Kier alpha value is -3.25. The summed E-state index contributed by atoms with van der Waals surface area (Å²) < 4.78 is 10.7. The van der Waals surface area contributed by atoms with Crippen LogP contribution in [0.25, 0.3) is 10.8 Å². The molecule has 6 heteroatoms. The molecule has 5 rings (SSSR count). The number of hydrogen-bond donors (Lipinski definition) is 0. The van der Waals surface area contributed by atoms with Gasteiger partial charge in [0.15, 0.2) is 0 Å². The van der Waals surface area contributed by atoms with Crippen LogP contribution in [0.4, 0.5) is 4.79 Å². The first-order valence-corrected chi connectivity index (χ1v) is 10.7. The first-order valence-electron chi connectivity index (χ1n) is 10.7. The Bertz CT molecular complexity index is 1110. The fraction of sp³-hybridized carbons (Fsp3) is 0.320. The van der Waals surface area contributed by atoms with Gasteiger partial charge in [0.2, 0.25) is 0 Å². The van der Waals surface area contributed by atoms with E-state index in [0.29, 0.717) is 38.5 Å². The van der Waals surface area contributed by atoms with Crippen molar-refractivity contribution in [3.8, 4) is 5.75 Å². The molecule has 1 saturated heterocycles. The number of ketones is 1. The topological polar surface area (TPSA) is 68.7 Å². The lowest BCUT2D eigenvalue weighted by atomic mass is 10.0. The van der Waals surface area contributed by atoms with Crippen molar-refractivity contribution < 1.29 is 19.1 Å². The van der Waals surface area contributed by atoms with Gasteiger partial charge in [-0.1, -0.05) is 30.3 Å². The van der Waals surface area contributed by atoms with Crippen LogP contribution < -0.4 is 4.74 Å². The lowest BCUT2D eigenvalue weighted by Crippen LogP contribution is -2.42. The summed E-state index contributed by atoms with van der Waals surface area (Å²) in [5, 5.41) is 2.19. The van der Waals surface area contributed by atoms with Gasteiger partial charge in [0, 0.05) is 43.2 Å². The van der Waals surface area contributed by atoms with Gasteiger partial charge in [0.1, 0.15) is 11.5 Å². The first-order chi connectivity index (χ1) is 15.2. The number of pyridine rings is 1. The highest BCUT2D eigenvalue weighted by Crippen LogP contribution is 2.48. The Morgan fingerprint density at radius 3 is 2.65 bits per heavy atom. The molecule has 1 aliphatic carbocycles. The normalized spacial score (nSPS) is 20.5. The molecule has 1 aromatic heterocycles. The van der Waals surface area contributed by atoms with E-state index in [-0.39, 0.29) is 23.7 Å². The third kappa shape index (κ3) is 4.44. The van der Waals surface area contributed by atoms with E-state index >= 15 is 0 Å². The highest BCUT2D eigenvalue weighted by Gasteiger charge is 2.43. The quantitative estimate of drug-likeness (QED) is 0.629. The molecule has 31 heavy (non-hydrogen) atoms. The molecule has 0 spiro atoms. The summed E-state index contributed by atoms with van der Waals surface area (Å²) in [6.07, 6.45) is 4.59. The summed E-state index contributed by atoms with van der Waals surface area (Å²) in [7, 11) is 0. The zero-order chi connectivity index (χ0) is 21.2. The second-order valence-corrected chi connectivity index (χ2v) is 8.19. The van der Waals surface area contributed by atoms with Gasteiger partial charge >= 0.3 is 6.09 Å². The molecule has 2 fully saturated rings. The number of fused-ring (bicyclic) bond motifs is 1. The van der Waals surface area contributed by atoms with Crippen LogP contribution in [0.15, 0.2) is 60.9 Å². The zero-order valence-corrected chi connectivity index (χ0v) is 17.2. The van der Waals surface area contributed by atoms with Crippen LogP contribution in [0.5, 0.6) is 5.75 Å². The Morgan fingerprint density at radius 2 is 1.84 bits per heavy atom. The molecule has 0 N–H and O–H groups in total. The van der Waals surface area contributed by atoms with E-state index in [1.54, 1.807) is 11.1 Å². The molecule has 0 radical (unpaired) electrons. The Labute approximate surface area is 180 Å². The number of Topliss-reactive ketones (excluding diaryl/α,β-unsaturated/α-hetero) is 1. The van der Waals surface area contributed by atoms with E-state index in [1.165, 1.54) is 0 Å². The molecule has 1 saturated carbocycles. The largest absolute Gasteiger partial charge is 0.415 e. The molecular formula is C25H24N2O4. The third-order valence-corrected chi connectivity index (χ3v) is 6.07. The molecular weight excluding hydrogens is 392 g/mol. The lowest BCUT2D eigenvalue weighted by Gasteiger charge is -2.25. The minimum absolute atomic E-state index is 0.0647. The molecule has 1 aliphatic heterocycles. The number of morpholine rings is 1. The van der Waals surface area contributed by atoms with Gasteiger partial charge in [-0.25, -0.2) is 4.79 Å². The number of amides is 1. The molecule has 3 aromatic rings. The van der Waals surface area contributed by atoms with Crippen molar-refractivity contribution in [2.24, 2.45) is 5.92 Å². The summed E-state index contributed by atoms with van der Waals surface area (Å²) in [6, 6.07) is 15.6. The number of nitrogens with zero attached hydrogens (tertiary/aromatic N) is 2. The second-order valence-electron chi connectivity index (χ2n) is 8.19. The van der Waals surface area contributed by atoms with Crippen molar-refractivity contribution in [3.05, 3.63) is 72.1 Å². The third-order valence-electron chi connectivity index (χ3n) is 6.07. The number of carbonyl (C=O) groups excluding carboxylic acids is 2. The van der Waals surface area contributed by atoms with Crippen LogP contribution in [0.1, 0.15) is 23.5 Å². The van der Waals surface area contributed by atoms with Gasteiger partial charge in [-0.3, -0.25) is 9.78 Å². The van der Waals surface area contributed by atoms with Gasteiger partial charge in [0.05, 0.1) is 13.2 Å². The van der Waals surface area contributed by atoms with Crippen molar-refractivity contribution in [3.63, 3.8) is 0 Å². The van der Waals surface area contributed by atoms with Crippen molar-refractivity contribution >= 4 is 22.6 Å². The Balaban J connectivity index is 1.17. The monoisotopic (exact) mass is 416 g/mol. The summed E-state index contributed by atoms with van der Waals surface area (Å²) in [5.74, 6) is 1.12. The molecule has 0 bridgehead atoms. The van der Waals surface area contributed by atoms with E-state index in [0.717, 1.165) is 28.3 Å². The Kier molecular flexibility index (Phi) is 5.38. The summed E-state index contributed by atoms with van der Waals surface area (Å²) in [6.45, 7) is 2.19. The lowest BCUT2D eigenvalue weighted by molar-refractivity contribution is -0.119. The highest BCUT2D eigenvalue weighted by molar-refractivity contribution is 5.89. The van der Waals surface area contributed by atoms with Gasteiger partial charge in [-0.15, -0.1) is 0 Å². The van der Waals surface area contributed by atoms with Crippen molar-refractivity contribution in [2.75, 3.05) is 26.3 Å². The number of benzene rings is 2. The van der Waals surface area contributed by atoms with Crippen molar-refractivity contribution in [2.45, 2.75) is 18.8 Å². The van der Waals surface area contributed by atoms with Crippen LogP contribution in [0, 0.1) is 5.92 Å². The average Bonchev–Trinajstić information content (AvgIpc) is 3.61. The summed E-state index contributed by atoms with van der Waals surface area (Å²) in [4.78, 5) is 30.8. The smallest absolute Gasteiger partial charge is 0.410 e. The van der Waals surface area contributed by atoms with Crippen molar-refractivity contribution in [1.29, 1.82) is 0 Å². The Morgan fingerprint density at radius 1 is 1.03 bits per heavy atom. The molecule has 158 valence electrons. The van der Waals surface area contributed by atoms with E-state index in [1.807, 2.05) is 48.7 Å². The zero-order valence-electron chi connectivity index (χ0n) is 17.2. The van der Waals surface area contributed by atoms with E-state index < -0.39 is 0 Å². The molecule has 2 heterocycles. The minimum atomic E-state index is -0.346. The van der Waals surface area contributed by atoms with E-state index in [4.69, 9.17) is 9.47 Å². The maximum atomic E-state index is 12.8. The SMILES string of the molecule is O=C(Cc1ccc2cnccc2c1)[C@@H]1C[C@H]1c1ccc(OC(=O)N2CCOCC2)cc1. The van der Waals surface area contributed by atoms with E-state index in [9.17, 15) is 9.59 Å². The van der Waals surface area contributed by atoms with Crippen LogP contribution in [-0.4, -0.2) is 48.1 Å². The second kappa shape index (κ2) is 8.47.